The van der Waals surface area contributed by atoms with E-state index in [-0.39, 0.29) is 18.2 Å². The zero-order valence-electron chi connectivity index (χ0n) is 18.6. The number of carbonyl (C=O) groups excluding carboxylic acids is 1. The molecule has 22 heteroatoms. The molecule has 1 N–H and O–H groups in total. The minimum Gasteiger partial charge on any atom is -0.324 e. The van der Waals surface area contributed by atoms with Gasteiger partial charge in [-0.15, -0.1) is 0 Å². The Kier molecular flexibility index (Phi) is 8.83. The van der Waals surface area contributed by atoms with Gasteiger partial charge in [0.15, 0.2) is 9.84 Å². The molecular weight excluding hydrogens is 642 g/mol. The molecule has 0 atom stereocenters. The van der Waals surface area contributed by atoms with Crippen LogP contribution in [0.1, 0.15) is 0 Å². The number of carbonyl (C=O) groups is 1. The number of nitrogens with one attached hydrogen (secondary N) is 1. The highest BCUT2D eigenvalue weighted by Crippen LogP contribution is 2.54. The van der Waals surface area contributed by atoms with E-state index in [2.05, 4.69) is 0 Å². The molecule has 1 amide bonds. The van der Waals surface area contributed by atoms with Gasteiger partial charge < -0.3 is 5.32 Å². The molecule has 0 spiro atoms. The molecule has 9 nitrogen and oxygen atoms in total. The van der Waals surface area contributed by atoms with Gasteiger partial charge in [0, 0.05) is 11.0 Å². The van der Waals surface area contributed by atoms with Gasteiger partial charge in [0.25, 0.3) is 15.5 Å². The first kappa shape index (κ1) is 33.1. The first-order valence-electron chi connectivity index (χ1n) is 9.58. The average Bonchev–Trinajstić information content (AvgIpc) is 2.77. The number of benzene rings is 2. The fraction of sp³-hybridized carbons (Fsp3) is 0.278. The summed E-state index contributed by atoms with van der Waals surface area (Å²) in [7, 11) is -11.4. The Bertz CT molecular complexity index is 1540. The van der Waals surface area contributed by atoms with Gasteiger partial charge in [-0.1, -0.05) is 12.1 Å². The molecule has 0 heterocycles. The van der Waals surface area contributed by atoms with Gasteiger partial charge in [0.1, 0.15) is 10.6 Å². The topological polar surface area (TPSA) is 141 Å². The SMILES string of the molecule is O=C(CS(=O)(=O)c1ccc(S(=O)(=O)C(F)(F)F)cc1[N+](=O)[O-])Nc1ccccc1SC(F)(F)C(F)(F)C(F)(F)F. The van der Waals surface area contributed by atoms with Crippen molar-refractivity contribution in [1.29, 1.82) is 0 Å². The summed E-state index contributed by atoms with van der Waals surface area (Å²) in [6.45, 7) is 0. The minimum absolute atomic E-state index is 0.0511. The van der Waals surface area contributed by atoms with Gasteiger partial charge in [-0.3, -0.25) is 14.9 Å². The Balaban J connectivity index is 2.40. The van der Waals surface area contributed by atoms with Gasteiger partial charge in [0.2, 0.25) is 5.91 Å². The number of hydrogen-bond acceptors (Lipinski definition) is 8. The summed E-state index contributed by atoms with van der Waals surface area (Å²) in [4.78, 5) is 17.7. The number of nitrogens with zero attached hydrogens (tertiary/aromatic N) is 1. The summed E-state index contributed by atoms with van der Waals surface area (Å²) >= 11 is -1.33. The third-order valence-corrected chi connectivity index (χ3v) is 8.75. The molecule has 40 heavy (non-hydrogen) atoms. The number of alkyl halides is 10. The molecule has 0 aliphatic carbocycles. The summed E-state index contributed by atoms with van der Waals surface area (Å²) in [6, 6.07) is 3.03. The summed E-state index contributed by atoms with van der Waals surface area (Å²) in [6.07, 6.45) is -6.68. The molecule has 0 aliphatic heterocycles. The number of para-hydroxylation sites is 1. The first-order valence-corrected chi connectivity index (χ1v) is 13.5. The van der Waals surface area contributed by atoms with Crippen molar-refractivity contribution in [1.82, 2.24) is 0 Å². The van der Waals surface area contributed by atoms with Crippen molar-refractivity contribution in [3.8, 4) is 0 Å². The minimum atomic E-state index is -6.68. The maximum absolute atomic E-state index is 13.8. The highest BCUT2D eigenvalue weighted by molar-refractivity contribution is 8.00. The van der Waals surface area contributed by atoms with E-state index in [0.29, 0.717) is 12.1 Å². The second-order valence-electron chi connectivity index (χ2n) is 7.33. The van der Waals surface area contributed by atoms with E-state index < -0.39 is 96.9 Å². The monoisotopic (exact) mass is 652 g/mol. The molecular formula is C18H10F10N2O7S3. The van der Waals surface area contributed by atoms with Crippen molar-refractivity contribution in [3.63, 3.8) is 0 Å². The molecule has 0 bridgehead atoms. The molecule has 0 saturated heterocycles. The van der Waals surface area contributed by atoms with Crippen LogP contribution >= 0.6 is 11.8 Å². The van der Waals surface area contributed by atoms with Crippen LogP contribution in [0.3, 0.4) is 0 Å². The standard InChI is InChI=1S/C18H10F10N2O7S3/c19-15(20,16(21,22)23)17(24,25)38-12-4-2-1-3-10(12)29-14(31)8-39(34,35)13-6-5-9(7-11(13)30(32)33)40(36,37)18(26,27)28/h1-7H,8H2,(H,29,31). The lowest BCUT2D eigenvalue weighted by molar-refractivity contribution is -0.388. The Morgan fingerprint density at radius 3 is 1.95 bits per heavy atom. The largest absolute Gasteiger partial charge is 0.501 e. The second-order valence-corrected chi connectivity index (χ2v) is 12.4. The number of anilines is 1. The first-order chi connectivity index (χ1) is 17.8. The molecule has 2 aromatic rings. The number of amides is 1. The molecule has 0 unspecified atom stereocenters. The van der Waals surface area contributed by atoms with Crippen LogP contribution in [0, 0.1) is 10.1 Å². The second kappa shape index (κ2) is 10.7. The maximum Gasteiger partial charge on any atom is 0.501 e. The van der Waals surface area contributed by atoms with Crippen molar-refractivity contribution >= 4 is 48.7 Å². The number of rotatable bonds is 9. The van der Waals surface area contributed by atoms with E-state index >= 15 is 0 Å². The summed E-state index contributed by atoms with van der Waals surface area (Å²) in [5.41, 5.74) is -8.50. The van der Waals surface area contributed by atoms with E-state index in [9.17, 15) is 75.6 Å². The highest BCUT2D eigenvalue weighted by Gasteiger charge is 2.73. The number of sulfone groups is 2. The highest BCUT2D eigenvalue weighted by atomic mass is 32.2. The smallest absolute Gasteiger partial charge is 0.324 e. The average molecular weight is 652 g/mol. The summed E-state index contributed by atoms with van der Waals surface area (Å²) < 4.78 is 178. The number of hydrogen-bond donors (Lipinski definition) is 1. The van der Waals surface area contributed by atoms with Crippen LogP contribution < -0.4 is 5.32 Å². The van der Waals surface area contributed by atoms with Crippen LogP contribution in [-0.4, -0.2) is 56.3 Å². The van der Waals surface area contributed by atoms with Crippen LogP contribution in [0.4, 0.5) is 55.3 Å². The lowest BCUT2D eigenvalue weighted by Gasteiger charge is -2.28. The van der Waals surface area contributed by atoms with Crippen molar-refractivity contribution < 1.29 is 70.5 Å². The summed E-state index contributed by atoms with van der Waals surface area (Å²) in [5, 5.41) is 7.07. The molecule has 0 radical (unpaired) electrons. The molecule has 0 fully saturated rings. The van der Waals surface area contributed by atoms with Crippen LogP contribution in [0.5, 0.6) is 0 Å². The van der Waals surface area contributed by atoms with E-state index in [1.807, 2.05) is 0 Å². The van der Waals surface area contributed by atoms with Crippen molar-refractivity contribution in [2.45, 2.75) is 37.5 Å². The number of nitro benzene ring substituents is 1. The Morgan fingerprint density at radius 2 is 1.45 bits per heavy atom. The van der Waals surface area contributed by atoms with Crippen LogP contribution in [0.15, 0.2) is 57.2 Å². The lowest BCUT2D eigenvalue weighted by atomic mass is 10.3. The molecule has 0 aromatic heterocycles. The normalized spacial score (nSPS) is 13.7. The Morgan fingerprint density at radius 1 is 0.900 bits per heavy atom. The number of thioether (sulfide) groups is 1. The molecule has 0 aliphatic rings. The van der Waals surface area contributed by atoms with Gasteiger partial charge >= 0.3 is 22.9 Å². The molecule has 2 rings (SSSR count). The van der Waals surface area contributed by atoms with E-state index in [0.717, 1.165) is 12.1 Å². The predicted octanol–water partition coefficient (Wildman–Crippen LogP) is 5.18. The maximum atomic E-state index is 13.8. The van der Waals surface area contributed by atoms with Crippen molar-refractivity contribution in [3.05, 3.63) is 52.6 Å². The van der Waals surface area contributed by atoms with Crippen LogP contribution in [-0.2, 0) is 24.5 Å². The van der Waals surface area contributed by atoms with E-state index in [1.165, 1.54) is 0 Å². The predicted molar refractivity (Wildman–Crippen MR) is 115 cm³/mol. The third kappa shape index (κ3) is 6.59. The van der Waals surface area contributed by atoms with E-state index in [4.69, 9.17) is 0 Å². The number of nitro groups is 1. The third-order valence-electron chi connectivity index (χ3n) is 4.52. The van der Waals surface area contributed by atoms with Crippen molar-refractivity contribution in [2.24, 2.45) is 0 Å². The molecule has 0 saturated carbocycles. The Labute approximate surface area is 220 Å². The fourth-order valence-electron chi connectivity index (χ4n) is 2.67. The van der Waals surface area contributed by atoms with Crippen LogP contribution in [0.25, 0.3) is 0 Å². The van der Waals surface area contributed by atoms with Gasteiger partial charge in [-0.25, -0.2) is 16.8 Å². The zero-order valence-corrected chi connectivity index (χ0v) is 21.0. The van der Waals surface area contributed by atoms with Crippen LogP contribution in [0.2, 0.25) is 0 Å². The molecule has 222 valence electrons. The lowest BCUT2D eigenvalue weighted by Crippen LogP contribution is -2.49. The fourth-order valence-corrected chi connectivity index (χ4v) is 5.64. The van der Waals surface area contributed by atoms with Crippen molar-refractivity contribution in [2.75, 3.05) is 11.1 Å². The Hall–Kier alpha value is -3.14. The number of halogens is 10. The quantitative estimate of drug-likeness (QED) is 0.169. The van der Waals surface area contributed by atoms with E-state index in [1.54, 1.807) is 5.32 Å². The van der Waals surface area contributed by atoms with Gasteiger partial charge in [0.05, 0.1) is 15.5 Å². The van der Waals surface area contributed by atoms with Gasteiger partial charge in [-0.05, 0) is 36.0 Å². The zero-order chi connectivity index (χ0) is 31.1. The molecule has 2 aromatic carbocycles. The van der Waals surface area contributed by atoms with Gasteiger partial charge in [-0.2, -0.15) is 43.9 Å². The summed E-state index contributed by atoms with van der Waals surface area (Å²) in [5.74, 6) is -10.1.